The van der Waals surface area contributed by atoms with Crippen molar-refractivity contribution in [3.8, 4) is 5.75 Å². The molecule has 0 aliphatic rings. The van der Waals surface area contributed by atoms with Crippen LogP contribution in [0.3, 0.4) is 0 Å². The Morgan fingerprint density at radius 3 is 2.34 bits per heavy atom. The number of hydrogen-bond donors (Lipinski definition) is 1. The Morgan fingerprint density at radius 1 is 1.10 bits per heavy atom. The van der Waals surface area contributed by atoms with Gasteiger partial charge in [-0.15, -0.1) is 0 Å². The van der Waals surface area contributed by atoms with E-state index in [1.807, 2.05) is 18.2 Å². The molecule has 0 aliphatic carbocycles. The highest BCUT2D eigenvalue weighted by atomic mass is 79.9. The SMILES string of the molecule is CC(C)(C)c1ccc(OCCCC(=O)Nc2cc(C(F)(F)F)ccc2Cl)c(Br)c1. The van der Waals surface area contributed by atoms with Crippen molar-refractivity contribution in [2.75, 3.05) is 11.9 Å². The molecule has 1 amide bonds. The number of rotatable bonds is 6. The molecule has 0 heterocycles. The first-order chi connectivity index (χ1) is 13.4. The van der Waals surface area contributed by atoms with Gasteiger partial charge in [-0.05, 0) is 63.7 Å². The largest absolute Gasteiger partial charge is 0.492 e. The molecule has 0 radical (unpaired) electrons. The zero-order valence-electron chi connectivity index (χ0n) is 16.3. The van der Waals surface area contributed by atoms with E-state index < -0.39 is 17.6 Å². The van der Waals surface area contributed by atoms with Crippen molar-refractivity contribution in [3.63, 3.8) is 0 Å². The maximum absolute atomic E-state index is 12.8. The number of ether oxygens (including phenoxy) is 1. The number of carbonyl (C=O) groups excluding carboxylic acids is 1. The maximum Gasteiger partial charge on any atom is 0.416 e. The molecule has 2 rings (SSSR count). The molecule has 0 saturated heterocycles. The number of benzene rings is 2. The fourth-order valence-electron chi connectivity index (χ4n) is 2.51. The minimum atomic E-state index is -4.51. The summed E-state index contributed by atoms with van der Waals surface area (Å²) in [6.45, 7) is 6.64. The van der Waals surface area contributed by atoms with Crippen LogP contribution in [0, 0.1) is 0 Å². The van der Waals surface area contributed by atoms with Crippen molar-refractivity contribution < 1.29 is 22.7 Å². The lowest BCUT2D eigenvalue weighted by Crippen LogP contribution is -2.14. The lowest BCUT2D eigenvalue weighted by atomic mass is 9.87. The van der Waals surface area contributed by atoms with Crippen LogP contribution in [0.25, 0.3) is 0 Å². The van der Waals surface area contributed by atoms with Crippen LogP contribution in [0.5, 0.6) is 5.75 Å². The Kier molecular flexibility index (Phi) is 7.62. The van der Waals surface area contributed by atoms with Crippen LogP contribution < -0.4 is 10.1 Å². The van der Waals surface area contributed by atoms with Crippen LogP contribution in [0.15, 0.2) is 40.9 Å². The van der Waals surface area contributed by atoms with Gasteiger partial charge in [-0.3, -0.25) is 4.79 Å². The molecule has 0 aliphatic heterocycles. The van der Waals surface area contributed by atoms with E-state index in [2.05, 4.69) is 42.0 Å². The first-order valence-electron chi connectivity index (χ1n) is 8.97. The molecule has 0 saturated carbocycles. The van der Waals surface area contributed by atoms with Crippen LogP contribution in [0.2, 0.25) is 5.02 Å². The summed E-state index contributed by atoms with van der Waals surface area (Å²) in [7, 11) is 0. The highest BCUT2D eigenvalue weighted by Gasteiger charge is 2.31. The van der Waals surface area contributed by atoms with Crippen LogP contribution in [0.1, 0.15) is 44.7 Å². The summed E-state index contributed by atoms with van der Waals surface area (Å²) in [6.07, 6.45) is -4.02. The van der Waals surface area contributed by atoms with Crippen molar-refractivity contribution >= 4 is 39.1 Å². The van der Waals surface area contributed by atoms with E-state index in [0.717, 1.165) is 28.2 Å². The summed E-state index contributed by atoms with van der Waals surface area (Å²) in [5, 5.41) is 2.47. The summed E-state index contributed by atoms with van der Waals surface area (Å²) in [4.78, 5) is 12.0. The molecule has 0 spiro atoms. The third kappa shape index (κ3) is 6.93. The Labute approximate surface area is 181 Å². The third-order valence-corrected chi connectivity index (χ3v) is 5.12. The first-order valence-corrected chi connectivity index (χ1v) is 10.1. The van der Waals surface area contributed by atoms with Crippen molar-refractivity contribution in [1.82, 2.24) is 0 Å². The highest BCUT2D eigenvalue weighted by Crippen LogP contribution is 2.34. The molecule has 29 heavy (non-hydrogen) atoms. The van der Waals surface area contributed by atoms with Gasteiger partial charge in [-0.2, -0.15) is 13.2 Å². The molecule has 0 unspecified atom stereocenters. The predicted octanol–water partition coefficient (Wildman–Crippen LogP) is 7.22. The number of hydrogen-bond acceptors (Lipinski definition) is 2. The number of alkyl halides is 3. The van der Waals surface area contributed by atoms with E-state index in [-0.39, 0.29) is 29.2 Å². The molecule has 0 aromatic heterocycles. The van der Waals surface area contributed by atoms with Gasteiger partial charge in [0.15, 0.2) is 0 Å². The minimum absolute atomic E-state index is 0.0177. The second-order valence-corrected chi connectivity index (χ2v) is 8.85. The topological polar surface area (TPSA) is 38.3 Å². The number of nitrogens with one attached hydrogen (secondary N) is 1. The lowest BCUT2D eigenvalue weighted by Gasteiger charge is -2.20. The molecule has 1 N–H and O–H groups in total. The van der Waals surface area contributed by atoms with E-state index >= 15 is 0 Å². The van der Waals surface area contributed by atoms with Gasteiger partial charge in [-0.25, -0.2) is 0 Å². The fourth-order valence-corrected chi connectivity index (χ4v) is 3.17. The summed E-state index contributed by atoms with van der Waals surface area (Å²) in [6, 6.07) is 8.66. The smallest absolute Gasteiger partial charge is 0.416 e. The van der Waals surface area contributed by atoms with Gasteiger partial charge in [0.25, 0.3) is 0 Å². The van der Waals surface area contributed by atoms with Crippen molar-refractivity contribution in [1.29, 1.82) is 0 Å². The third-order valence-electron chi connectivity index (χ3n) is 4.17. The van der Waals surface area contributed by atoms with Crippen molar-refractivity contribution in [3.05, 3.63) is 57.0 Å². The highest BCUT2D eigenvalue weighted by molar-refractivity contribution is 9.10. The molecule has 8 heteroatoms. The summed E-state index contributed by atoms with van der Waals surface area (Å²) in [5.74, 6) is 0.233. The normalized spacial score (nSPS) is 12.0. The summed E-state index contributed by atoms with van der Waals surface area (Å²) >= 11 is 9.37. The monoisotopic (exact) mass is 491 g/mol. The number of carbonyl (C=O) groups is 1. The fraction of sp³-hybridized carbons (Fsp3) is 0.381. The Hall–Kier alpha value is -1.73. The molecule has 2 aromatic carbocycles. The molecule has 2 aromatic rings. The molecular weight excluding hydrogens is 471 g/mol. The van der Waals surface area contributed by atoms with Gasteiger partial charge >= 0.3 is 6.18 Å². The van der Waals surface area contributed by atoms with Gasteiger partial charge in [0.2, 0.25) is 5.91 Å². The van der Waals surface area contributed by atoms with Crippen LogP contribution in [-0.2, 0) is 16.4 Å². The van der Waals surface area contributed by atoms with Crippen molar-refractivity contribution in [2.45, 2.75) is 45.2 Å². The van der Waals surface area contributed by atoms with E-state index in [4.69, 9.17) is 16.3 Å². The van der Waals surface area contributed by atoms with Crippen LogP contribution in [-0.4, -0.2) is 12.5 Å². The van der Waals surface area contributed by atoms with E-state index in [9.17, 15) is 18.0 Å². The zero-order chi connectivity index (χ0) is 21.8. The molecule has 3 nitrogen and oxygen atoms in total. The molecule has 0 atom stereocenters. The number of anilines is 1. The van der Waals surface area contributed by atoms with E-state index in [0.29, 0.717) is 12.2 Å². The van der Waals surface area contributed by atoms with Gasteiger partial charge in [-0.1, -0.05) is 38.4 Å². The first kappa shape index (κ1) is 23.5. The van der Waals surface area contributed by atoms with Crippen LogP contribution in [0.4, 0.5) is 18.9 Å². The molecule has 0 fully saturated rings. The Morgan fingerprint density at radius 2 is 1.76 bits per heavy atom. The lowest BCUT2D eigenvalue weighted by molar-refractivity contribution is -0.137. The quantitative estimate of drug-likeness (QED) is 0.432. The van der Waals surface area contributed by atoms with Crippen molar-refractivity contribution in [2.24, 2.45) is 0 Å². The van der Waals surface area contributed by atoms with Gasteiger partial charge in [0.05, 0.1) is 27.4 Å². The summed E-state index contributed by atoms with van der Waals surface area (Å²) < 4.78 is 44.9. The molecular formula is C21H22BrClF3NO2. The van der Waals surface area contributed by atoms with Gasteiger partial charge < -0.3 is 10.1 Å². The Bertz CT molecular complexity index is 879. The number of halogens is 5. The second kappa shape index (κ2) is 9.39. The molecule has 0 bridgehead atoms. The van der Waals surface area contributed by atoms with Crippen LogP contribution >= 0.6 is 27.5 Å². The maximum atomic E-state index is 12.8. The van der Waals surface area contributed by atoms with Gasteiger partial charge in [0, 0.05) is 6.42 Å². The minimum Gasteiger partial charge on any atom is -0.492 e. The summed E-state index contributed by atoms with van der Waals surface area (Å²) in [5.41, 5.74) is 0.246. The average molecular weight is 493 g/mol. The molecule has 158 valence electrons. The van der Waals surface area contributed by atoms with E-state index in [1.54, 1.807) is 0 Å². The van der Waals surface area contributed by atoms with E-state index in [1.165, 1.54) is 0 Å². The second-order valence-electron chi connectivity index (χ2n) is 7.59. The predicted molar refractivity (Wildman–Crippen MR) is 113 cm³/mol. The standard InChI is InChI=1S/C21H22BrClF3NO2/c1-20(2,3)13-7-9-18(15(22)11-13)29-10-4-5-19(28)27-17-12-14(21(24,25)26)6-8-16(17)23/h6-9,11-12H,4-5,10H2,1-3H3,(H,27,28). The average Bonchev–Trinajstić information content (AvgIpc) is 2.59. The number of amides is 1. The van der Waals surface area contributed by atoms with Gasteiger partial charge in [0.1, 0.15) is 5.75 Å². The Balaban J connectivity index is 1.87. The zero-order valence-corrected chi connectivity index (χ0v) is 18.6.